The third kappa shape index (κ3) is 4.67. The molecule has 162 valence electrons. The van der Waals surface area contributed by atoms with Gasteiger partial charge in [-0.05, 0) is 56.2 Å². The molecule has 1 aromatic carbocycles. The van der Waals surface area contributed by atoms with E-state index in [1.54, 1.807) is 22.6 Å². The predicted octanol–water partition coefficient (Wildman–Crippen LogP) is 3.05. The molecule has 0 aliphatic carbocycles. The molecule has 0 saturated carbocycles. The summed E-state index contributed by atoms with van der Waals surface area (Å²) in [4.78, 5) is 15.7. The average Bonchev–Trinajstić information content (AvgIpc) is 2.76. The topological polar surface area (TPSA) is 91.3 Å². The Morgan fingerprint density at radius 3 is 2.32 bits per heavy atom. The number of benzene rings is 1. The summed E-state index contributed by atoms with van der Waals surface area (Å²) in [5.74, 6) is 2.78. The van der Waals surface area contributed by atoms with Crippen molar-refractivity contribution < 1.29 is 8.42 Å². The van der Waals surface area contributed by atoms with Crippen molar-refractivity contribution in [1.29, 1.82) is 0 Å². The van der Waals surface area contributed by atoms with Gasteiger partial charge in [-0.1, -0.05) is 12.1 Å². The average molecular weight is 439 g/mol. The Kier molecular flexibility index (Phi) is 5.88. The molecular formula is C22H26N6O2S. The fourth-order valence-electron chi connectivity index (χ4n) is 3.53. The van der Waals surface area contributed by atoms with E-state index < -0.39 is 10.0 Å². The van der Waals surface area contributed by atoms with E-state index in [4.69, 9.17) is 0 Å². The standard InChI is InChI=1S/C22H26N6O2S/c1-16-7-8-19(14-17(16)2)31(29,30)28-12-10-27(11-13-28)22-15-21(24-18(3)25-22)26-20-6-4-5-9-23-20/h4-9,14-15H,10-13H2,1-3H3,(H,23,24,25,26). The molecule has 0 unspecified atom stereocenters. The molecule has 0 amide bonds. The van der Waals surface area contributed by atoms with E-state index in [9.17, 15) is 8.42 Å². The van der Waals surface area contributed by atoms with E-state index in [0.717, 1.165) is 16.9 Å². The maximum atomic E-state index is 13.1. The van der Waals surface area contributed by atoms with Crippen molar-refractivity contribution >= 4 is 27.5 Å². The fraction of sp³-hybridized carbons (Fsp3) is 0.318. The number of hydrogen-bond donors (Lipinski definition) is 1. The first-order chi connectivity index (χ1) is 14.8. The molecule has 3 aromatic rings. The Balaban J connectivity index is 1.48. The zero-order chi connectivity index (χ0) is 22.0. The van der Waals surface area contributed by atoms with Crippen molar-refractivity contribution in [3.05, 3.63) is 65.6 Å². The minimum Gasteiger partial charge on any atom is -0.354 e. The zero-order valence-electron chi connectivity index (χ0n) is 17.9. The first-order valence-corrected chi connectivity index (χ1v) is 11.6. The Bertz CT molecular complexity index is 1180. The summed E-state index contributed by atoms with van der Waals surface area (Å²) in [6, 6.07) is 12.8. The molecule has 2 aromatic heterocycles. The number of pyridine rings is 1. The molecule has 31 heavy (non-hydrogen) atoms. The highest BCUT2D eigenvalue weighted by molar-refractivity contribution is 7.89. The summed E-state index contributed by atoms with van der Waals surface area (Å²) >= 11 is 0. The molecule has 0 atom stereocenters. The Morgan fingerprint density at radius 2 is 1.65 bits per heavy atom. The Hall–Kier alpha value is -3.04. The van der Waals surface area contributed by atoms with Crippen molar-refractivity contribution in [2.75, 3.05) is 36.4 Å². The van der Waals surface area contributed by atoms with Crippen LogP contribution in [-0.4, -0.2) is 53.9 Å². The second kappa shape index (κ2) is 8.60. The summed E-state index contributed by atoms with van der Waals surface area (Å²) in [6.45, 7) is 7.68. The van der Waals surface area contributed by atoms with Crippen molar-refractivity contribution in [3.8, 4) is 0 Å². The molecule has 8 nitrogen and oxygen atoms in total. The van der Waals surface area contributed by atoms with E-state index in [2.05, 4.69) is 25.2 Å². The van der Waals surface area contributed by atoms with Crippen LogP contribution >= 0.6 is 0 Å². The van der Waals surface area contributed by atoms with Crippen LogP contribution in [0, 0.1) is 20.8 Å². The number of piperazine rings is 1. The lowest BCUT2D eigenvalue weighted by Crippen LogP contribution is -2.49. The normalized spacial score (nSPS) is 15.1. The number of sulfonamides is 1. The first kappa shape index (κ1) is 21.2. The van der Waals surface area contributed by atoms with Crippen LogP contribution in [-0.2, 0) is 10.0 Å². The van der Waals surface area contributed by atoms with E-state index in [0.29, 0.717) is 48.5 Å². The third-order valence-electron chi connectivity index (χ3n) is 5.42. The largest absolute Gasteiger partial charge is 0.354 e. The molecule has 4 rings (SSSR count). The Morgan fingerprint density at radius 1 is 0.871 bits per heavy atom. The van der Waals surface area contributed by atoms with Gasteiger partial charge in [-0.3, -0.25) is 0 Å². The maximum absolute atomic E-state index is 13.1. The molecule has 0 bridgehead atoms. The van der Waals surface area contributed by atoms with E-state index in [1.165, 1.54) is 0 Å². The molecule has 1 aliphatic heterocycles. The van der Waals surface area contributed by atoms with Crippen LogP contribution in [0.2, 0.25) is 0 Å². The summed E-state index contributed by atoms with van der Waals surface area (Å²) in [6.07, 6.45) is 1.71. The van der Waals surface area contributed by atoms with E-state index in [-0.39, 0.29) is 0 Å². The lowest BCUT2D eigenvalue weighted by molar-refractivity contribution is 0.383. The van der Waals surface area contributed by atoms with Gasteiger partial charge in [0.1, 0.15) is 23.3 Å². The molecule has 1 saturated heterocycles. The number of anilines is 3. The van der Waals surface area contributed by atoms with Crippen molar-refractivity contribution in [3.63, 3.8) is 0 Å². The number of nitrogens with one attached hydrogen (secondary N) is 1. The molecule has 3 heterocycles. The molecular weight excluding hydrogens is 412 g/mol. The second-order valence-corrected chi connectivity index (χ2v) is 9.57. The number of aryl methyl sites for hydroxylation is 3. The highest BCUT2D eigenvalue weighted by Crippen LogP contribution is 2.24. The van der Waals surface area contributed by atoms with Crippen LogP contribution < -0.4 is 10.2 Å². The van der Waals surface area contributed by atoms with Crippen LogP contribution in [0.1, 0.15) is 17.0 Å². The minimum absolute atomic E-state index is 0.351. The van der Waals surface area contributed by atoms with Crippen molar-refractivity contribution in [1.82, 2.24) is 19.3 Å². The van der Waals surface area contributed by atoms with Crippen molar-refractivity contribution in [2.45, 2.75) is 25.7 Å². The smallest absolute Gasteiger partial charge is 0.243 e. The zero-order valence-corrected chi connectivity index (χ0v) is 18.7. The molecule has 1 N–H and O–H groups in total. The third-order valence-corrected chi connectivity index (χ3v) is 7.32. The fourth-order valence-corrected chi connectivity index (χ4v) is 5.03. The second-order valence-electron chi connectivity index (χ2n) is 7.64. The van der Waals surface area contributed by atoms with Gasteiger partial charge in [0.2, 0.25) is 10.0 Å². The van der Waals surface area contributed by atoms with Gasteiger partial charge in [0.25, 0.3) is 0 Å². The van der Waals surface area contributed by atoms with E-state index in [1.807, 2.05) is 51.1 Å². The van der Waals surface area contributed by atoms with Crippen LogP contribution in [0.25, 0.3) is 0 Å². The summed E-state index contributed by atoms with van der Waals surface area (Å²) < 4.78 is 27.7. The monoisotopic (exact) mass is 438 g/mol. The molecule has 1 aliphatic rings. The molecule has 0 spiro atoms. The number of nitrogens with zero attached hydrogens (tertiary/aromatic N) is 5. The van der Waals surface area contributed by atoms with Gasteiger partial charge in [0, 0.05) is 38.4 Å². The van der Waals surface area contributed by atoms with Gasteiger partial charge < -0.3 is 10.2 Å². The Labute approximate surface area is 183 Å². The van der Waals surface area contributed by atoms with Gasteiger partial charge in [-0.2, -0.15) is 4.31 Å². The lowest BCUT2D eigenvalue weighted by atomic mass is 10.1. The molecule has 9 heteroatoms. The van der Waals surface area contributed by atoms with Gasteiger partial charge in [0.15, 0.2) is 0 Å². The number of aromatic nitrogens is 3. The highest BCUT2D eigenvalue weighted by atomic mass is 32.2. The van der Waals surface area contributed by atoms with Crippen LogP contribution in [0.4, 0.5) is 17.5 Å². The summed E-state index contributed by atoms with van der Waals surface area (Å²) in [7, 11) is -3.51. The number of hydrogen-bond acceptors (Lipinski definition) is 7. The molecule has 1 fully saturated rings. The SMILES string of the molecule is Cc1nc(Nc2ccccn2)cc(N2CCN(S(=O)(=O)c3ccc(C)c(C)c3)CC2)n1. The summed E-state index contributed by atoms with van der Waals surface area (Å²) in [5.41, 5.74) is 2.06. The predicted molar refractivity (Wildman–Crippen MR) is 121 cm³/mol. The maximum Gasteiger partial charge on any atom is 0.243 e. The van der Waals surface area contributed by atoms with Gasteiger partial charge in [-0.15, -0.1) is 0 Å². The van der Waals surface area contributed by atoms with Gasteiger partial charge in [0.05, 0.1) is 4.90 Å². The summed E-state index contributed by atoms with van der Waals surface area (Å²) in [5, 5.41) is 3.19. The lowest BCUT2D eigenvalue weighted by Gasteiger charge is -2.35. The van der Waals surface area contributed by atoms with Gasteiger partial charge in [-0.25, -0.2) is 23.4 Å². The van der Waals surface area contributed by atoms with Crippen molar-refractivity contribution in [2.24, 2.45) is 0 Å². The van der Waals surface area contributed by atoms with Crippen LogP contribution in [0.5, 0.6) is 0 Å². The molecule has 0 radical (unpaired) electrons. The quantitative estimate of drug-likeness (QED) is 0.655. The minimum atomic E-state index is -3.51. The van der Waals surface area contributed by atoms with E-state index >= 15 is 0 Å². The highest BCUT2D eigenvalue weighted by Gasteiger charge is 2.29. The first-order valence-electron chi connectivity index (χ1n) is 10.2. The van der Waals surface area contributed by atoms with Crippen LogP contribution in [0.15, 0.2) is 53.6 Å². The van der Waals surface area contributed by atoms with Gasteiger partial charge >= 0.3 is 0 Å². The van der Waals surface area contributed by atoms with Crippen LogP contribution in [0.3, 0.4) is 0 Å². The number of rotatable bonds is 5.